The van der Waals surface area contributed by atoms with Gasteiger partial charge in [0.05, 0.1) is 13.2 Å². The van der Waals surface area contributed by atoms with Gasteiger partial charge in [-0.3, -0.25) is 4.90 Å². The van der Waals surface area contributed by atoms with Gasteiger partial charge in [-0.25, -0.2) is 0 Å². The van der Waals surface area contributed by atoms with Crippen LogP contribution in [0.3, 0.4) is 0 Å². The van der Waals surface area contributed by atoms with Crippen LogP contribution in [0.15, 0.2) is 34.9 Å². The SMILES string of the molecule is CCc1nc(CN(Cc2ccccc2)C(CO)C2CC2)no1. The third-order valence-corrected chi connectivity index (χ3v) is 4.21. The minimum Gasteiger partial charge on any atom is -0.395 e. The predicted molar refractivity (Wildman–Crippen MR) is 83.0 cm³/mol. The van der Waals surface area contributed by atoms with Crippen LogP contribution in [0.5, 0.6) is 0 Å². The van der Waals surface area contributed by atoms with Crippen LogP contribution in [0.4, 0.5) is 0 Å². The maximum atomic E-state index is 9.81. The smallest absolute Gasteiger partial charge is 0.226 e. The summed E-state index contributed by atoms with van der Waals surface area (Å²) in [7, 11) is 0. The topological polar surface area (TPSA) is 62.4 Å². The molecular formula is C17H23N3O2. The molecule has 1 unspecified atom stereocenters. The number of aliphatic hydroxyl groups is 1. The molecule has 1 atom stereocenters. The van der Waals surface area contributed by atoms with Gasteiger partial charge in [0.25, 0.3) is 0 Å². The Morgan fingerprint density at radius 2 is 2.05 bits per heavy atom. The Bertz CT molecular complexity index is 581. The number of aliphatic hydroxyl groups excluding tert-OH is 1. The number of rotatable bonds is 8. The fraction of sp³-hybridized carbons (Fsp3) is 0.529. The van der Waals surface area contributed by atoms with E-state index in [2.05, 4.69) is 27.2 Å². The van der Waals surface area contributed by atoms with E-state index < -0.39 is 0 Å². The van der Waals surface area contributed by atoms with Gasteiger partial charge in [0.1, 0.15) is 0 Å². The average molecular weight is 301 g/mol. The quantitative estimate of drug-likeness (QED) is 0.811. The van der Waals surface area contributed by atoms with Crippen molar-refractivity contribution in [3.8, 4) is 0 Å². The van der Waals surface area contributed by atoms with E-state index in [1.165, 1.54) is 18.4 Å². The zero-order valence-electron chi connectivity index (χ0n) is 13.0. The lowest BCUT2D eigenvalue weighted by molar-refractivity contribution is 0.0914. The molecule has 22 heavy (non-hydrogen) atoms. The van der Waals surface area contributed by atoms with E-state index in [1.54, 1.807) is 0 Å². The molecule has 118 valence electrons. The largest absolute Gasteiger partial charge is 0.395 e. The third-order valence-electron chi connectivity index (χ3n) is 4.21. The van der Waals surface area contributed by atoms with Crippen LogP contribution in [0.2, 0.25) is 0 Å². The van der Waals surface area contributed by atoms with Crippen LogP contribution in [0.1, 0.15) is 37.0 Å². The van der Waals surface area contributed by atoms with Crippen molar-refractivity contribution in [3.63, 3.8) is 0 Å². The van der Waals surface area contributed by atoms with E-state index in [0.29, 0.717) is 24.2 Å². The fourth-order valence-corrected chi connectivity index (χ4v) is 2.83. The molecule has 3 rings (SSSR count). The van der Waals surface area contributed by atoms with Crippen LogP contribution in [-0.2, 0) is 19.5 Å². The van der Waals surface area contributed by atoms with Crippen LogP contribution >= 0.6 is 0 Å². The average Bonchev–Trinajstić information content (AvgIpc) is 3.27. The first-order valence-corrected chi connectivity index (χ1v) is 8.00. The van der Waals surface area contributed by atoms with Crippen molar-refractivity contribution in [2.75, 3.05) is 6.61 Å². The molecule has 1 N–H and O–H groups in total. The summed E-state index contributed by atoms with van der Waals surface area (Å²) in [6.07, 6.45) is 3.14. The molecule has 0 saturated heterocycles. The molecule has 0 spiro atoms. The van der Waals surface area contributed by atoms with E-state index >= 15 is 0 Å². The molecule has 1 fully saturated rings. The second kappa shape index (κ2) is 7.03. The fourth-order valence-electron chi connectivity index (χ4n) is 2.83. The first-order valence-electron chi connectivity index (χ1n) is 8.00. The van der Waals surface area contributed by atoms with Gasteiger partial charge in [0, 0.05) is 19.0 Å². The molecule has 5 heteroatoms. The molecule has 0 amide bonds. The first-order chi connectivity index (χ1) is 10.8. The Kier molecular flexibility index (Phi) is 4.85. The van der Waals surface area contributed by atoms with Crippen molar-refractivity contribution in [2.45, 2.75) is 45.3 Å². The van der Waals surface area contributed by atoms with E-state index in [1.807, 2.05) is 25.1 Å². The van der Waals surface area contributed by atoms with Crippen molar-refractivity contribution < 1.29 is 9.63 Å². The molecule has 1 aromatic heterocycles. The van der Waals surface area contributed by atoms with Gasteiger partial charge >= 0.3 is 0 Å². The summed E-state index contributed by atoms with van der Waals surface area (Å²) < 4.78 is 5.20. The second-order valence-corrected chi connectivity index (χ2v) is 5.94. The van der Waals surface area contributed by atoms with Crippen molar-refractivity contribution in [1.29, 1.82) is 0 Å². The minimum atomic E-state index is 0.170. The lowest BCUT2D eigenvalue weighted by Crippen LogP contribution is -2.39. The Hall–Kier alpha value is -1.72. The van der Waals surface area contributed by atoms with Crippen LogP contribution in [0.25, 0.3) is 0 Å². The Balaban J connectivity index is 1.75. The molecule has 1 aliphatic rings. The summed E-state index contributed by atoms with van der Waals surface area (Å²) in [5.41, 5.74) is 1.24. The highest BCUT2D eigenvalue weighted by atomic mass is 16.5. The van der Waals surface area contributed by atoms with E-state index in [9.17, 15) is 5.11 Å². The Morgan fingerprint density at radius 1 is 1.27 bits per heavy atom. The standard InChI is InChI=1S/C17H23N3O2/c1-2-17-18-16(19-22-17)11-20(15(12-21)14-8-9-14)10-13-6-4-3-5-7-13/h3-7,14-15,21H,2,8-12H2,1H3. The summed E-state index contributed by atoms with van der Waals surface area (Å²) in [5, 5.41) is 13.9. The van der Waals surface area contributed by atoms with E-state index in [0.717, 1.165) is 13.0 Å². The molecule has 1 aromatic carbocycles. The lowest BCUT2D eigenvalue weighted by Gasteiger charge is -2.29. The maximum Gasteiger partial charge on any atom is 0.226 e. The molecule has 0 aliphatic heterocycles. The molecule has 0 bridgehead atoms. The van der Waals surface area contributed by atoms with Gasteiger partial charge in [-0.2, -0.15) is 4.98 Å². The molecule has 1 aliphatic carbocycles. The van der Waals surface area contributed by atoms with Gasteiger partial charge < -0.3 is 9.63 Å². The maximum absolute atomic E-state index is 9.81. The third kappa shape index (κ3) is 3.72. The van der Waals surface area contributed by atoms with Crippen LogP contribution in [-0.4, -0.2) is 32.8 Å². The highest BCUT2D eigenvalue weighted by molar-refractivity contribution is 5.15. The van der Waals surface area contributed by atoms with Crippen molar-refractivity contribution >= 4 is 0 Å². The molecule has 1 saturated carbocycles. The Morgan fingerprint density at radius 3 is 2.64 bits per heavy atom. The molecular weight excluding hydrogens is 278 g/mol. The predicted octanol–water partition coefficient (Wildman–Crippen LogP) is 2.41. The molecule has 5 nitrogen and oxygen atoms in total. The molecule has 1 heterocycles. The van der Waals surface area contributed by atoms with Gasteiger partial charge in [0.15, 0.2) is 5.82 Å². The molecule has 2 aromatic rings. The first kappa shape index (κ1) is 15.2. The highest BCUT2D eigenvalue weighted by Crippen LogP contribution is 2.36. The minimum absolute atomic E-state index is 0.170. The summed E-state index contributed by atoms with van der Waals surface area (Å²) in [6.45, 7) is 3.58. The number of nitrogens with zero attached hydrogens (tertiary/aromatic N) is 3. The number of aromatic nitrogens is 2. The van der Waals surface area contributed by atoms with Crippen molar-refractivity contribution in [3.05, 3.63) is 47.6 Å². The van der Waals surface area contributed by atoms with Crippen molar-refractivity contribution in [1.82, 2.24) is 15.0 Å². The van der Waals surface area contributed by atoms with Gasteiger partial charge in [-0.05, 0) is 24.3 Å². The zero-order valence-corrected chi connectivity index (χ0v) is 13.0. The monoisotopic (exact) mass is 301 g/mol. The summed E-state index contributed by atoms with van der Waals surface area (Å²) >= 11 is 0. The van der Waals surface area contributed by atoms with Gasteiger partial charge in [0.2, 0.25) is 5.89 Å². The van der Waals surface area contributed by atoms with Gasteiger partial charge in [-0.1, -0.05) is 42.4 Å². The van der Waals surface area contributed by atoms with Crippen LogP contribution < -0.4 is 0 Å². The van der Waals surface area contributed by atoms with Gasteiger partial charge in [-0.15, -0.1) is 0 Å². The van der Waals surface area contributed by atoms with Crippen molar-refractivity contribution in [2.24, 2.45) is 5.92 Å². The summed E-state index contributed by atoms with van der Waals surface area (Å²) in [4.78, 5) is 6.68. The number of hydrogen-bond donors (Lipinski definition) is 1. The lowest BCUT2D eigenvalue weighted by atomic mass is 10.1. The molecule has 0 radical (unpaired) electrons. The van der Waals surface area contributed by atoms with E-state index in [-0.39, 0.29) is 12.6 Å². The second-order valence-electron chi connectivity index (χ2n) is 5.94. The van der Waals surface area contributed by atoms with Crippen LogP contribution in [0, 0.1) is 5.92 Å². The number of aryl methyl sites for hydroxylation is 1. The Labute approximate surface area is 131 Å². The number of benzene rings is 1. The normalized spacial score (nSPS) is 16.1. The summed E-state index contributed by atoms with van der Waals surface area (Å²) in [6, 6.07) is 10.5. The number of hydrogen-bond acceptors (Lipinski definition) is 5. The summed E-state index contributed by atoms with van der Waals surface area (Å²) in [5.74, 6) is 1.96. The van der Waals surface area contributed by atoms with E-state index in [4.69, 9.17) is 4.52 Å². The highest BCUT2D eigenvalue weighted by Gasteiger charge is 2.35. The zero-order chi connectivity index (χ0) is 15.4.